The third kappa shape index (κ3) is 6.80. The smallest absolute Gasteiger partial charge is 0.339 e. The maximum absolute atomic E-state index is 12.7. The number of carbonyl (C=O) groups excluding carboxylic acids is 1. The molecule has 0 heterocycles. The van der Waals surface area contributed by atoms with Crippen LogP contribution in [0.3, 0.4) is 0 Å². The highest BCUT2D eigenvalue weighted by Gasteiger charge is 2.21. The Bertz CT molecular complexity index is 1460. The third-order valence-corrected chi connectivity index (χ3v) is 6.55. The van der Waals surface area contributed by atoms with Gasteiger partial charge in [-0.2, -0.15) is 13.7 Å². The molecule has 0 atom stereocenters. The molecule has 3 aromatic rings. The summed E-state index contributed by atoms with van der Waals surface area (Å²) in [5.41, 5.74) is 0.479. The first kappa shape index (κ1) is 26.6. The van der Waals surface area contributed by atoms with Crippen LogP contribution in [0.15, 0.2) is 77.2 Å². The normalized spacial score (nSPS) is 11.3. The number of anilines is 1. The van der Waals surface area contributed by atoms with Gasteiger partial charge in [-0.25, -0.2) is 0 Å². The molecule has 184 valence electrons. The van der Waals surface area contributed by atoms with Crippen molar-refractivity contribution < 1.29 is 27.1 Å². The zero-order chi connectivity index (χ0) is 26.3. The Morgan fingerprint density at radius 2 is 1.78 bits per heavy atom. The Morgan fingerprint density at radius 3 is 2.36 bits per heavy atom. The van der Waals surface area contributed by atoms with Gasteiger partial charge in [0.2, 0.25) is 0 Å². The summed E-state index contributed by atoms with van der Waals surface area (Å²) in [5, 5.41) is 22.9. The van der Waals surface area contributed by atoms with Crippen molar-refractivity contribution in [1.29, 1.82) is 5.26 Å². The monoisotopic (exact) mass is 619 g/mol. The molecular formula is C24H18IN3O7S. The largest absolute Gasteiger partial charge is 0.490 e. The van der Waals surface area contributed by atoms with Crippen LogP contribution < -0.4 is 14.2 Å². The minimum absolute atomic E-state index is 0.0621. The molecule has 12 heteroatoms. The van der Waals surface area contributed by atoms with Crippen molar-refractivity contribution in [3.05, 3.63) is 91.6 Å². The molecule has 0 radical (unpaired) electrons. The summed E-state index contributed by atoms with van der Waals surface area (Å²) in [6.45, 7) is 1.87. The Kier molecular flexibility index (Phi) is 8.62. The van der Waals surface area contributed by atoms with E-state index in [1.807, 2.05) is 18.2 Å². The molecule has 0 saturated heterocycles. The number of non-ortho nitro benzene ring substituents is 1. The number of carbonyl (C=O) groups is 1. The van der Waals surface area contributed by atoms with Gasteiger partial charge in [0.25, 0.3) is 11.6 Å². The average molecular weight is 619 g/mol. The van der Waals surface area contributed by atoms with E-state index in [1.165, 1.54) is 24.3 Å². The molecule has 0 saturated carbocycles. The van der Waals surface area contributed by atoms with Crippen molar-refractivity contribution >= 4 is 56.1 Å². The van der Waals surface area contributed by atoms with E-state index in [1.54, 1.807) is 19.1 Å². The van der Waals surface area contributed by atoms with Gasteiger partial charge in [-0.15, -0.1) is 0 Å². The number of rotatable bonds is 9. The van der Waals surface area contributed by atoms with Gasteiger partial charge in [0.05, 0.1) is 11.5 Å². The average Bonchev–Trinajstić information content (AvgIpc) is 2.85. The Labute approximate surface area is 220 Å². The lowest BCUT2D eigenvalue weighted by Crippen LogP contribution is -2.13. The molecule has 3 aromatic carbocycles. The van der Waals surface area contributed by atoms with E-state index in [2.05, 4.69) is 27.9 Å². The Hall–Kier alpha value is -3.96. The van der Waals surface area contributed by atoms with Crippen LogP contribution in [0.4, 0.5) is 11.4 Å². The number of hydrogen-bond donors (Lipinski definition) is 1. The van der Waals surface area contributed by atoms with Gasteiger partial charge in [0.15, 0.2) is 11.5 Å². The summed E-state index contributed by atoms with van der Waals surface area (Å²) in [7, 11) is -4.32. The minimum Gasteiger partial charge on any atom is -0.490 e. The van der Waals surface area contributed by atoms with Gasteiger partial charge in [-0.3, -0.25) is 14.9 Å². The second kappa shape index (κ2) is 11.6. The highest BCUT2D eigenvalue weighted by Crippen LogP contribution is 2.32. The van der Waals surface area contributed by atoms with Gasteiger partial charge in [-0.1, -0.05) is 6.07 Å². The molecular weight excluding hydrogens is 601 g/mol. The minimum atomic E-state index is -4.32. The molecule has 0 aromatic heterocycles. The third-order valence-electron chi connectivity index (χ3n) is 4.58. The lowest BCUT2D eigenvalue weighted by molar-refractivity contribution is -0.384. The number of hydrogen-bond acceptors (Lipinski definition) is 8. The van der Waals surface area contributed by atoms with E-state index >= 15 is 0 Å². The van der Waals surface area contributed by atoms with Gasteiger partial charge >= 0.3 is 10.1 Å². The predicted molar refractivity (Wildman–Crippen MR) is 140 cm³/mol. The Morgan fingerprint density at radius 1 is 1.11 bits per heavy atom. The van der Waals surface area contributed by atoms with E-state index in [0.29, 0.717) is 11.3 Å². The number of nitro benzene ring substituents is 1. The summed E-state index contributed by atoms with van der Waals surface area (Å²) in [5.74, 6) is -0.681. The molecule has 10 nitrogen and oxygen atoms in total. The van der Waals surface area contributed by atoms with E-state index in [4.69, 9.17) is 8.92 Å². The molecule has 1 N–H and O–H groups in total. The molecule has 0 aliphatic carbocycles. The number of halogens is 1. The van der Waals surface area contributed by atoms with Gasteiger partial charge in [0, 0.05) is 21.4 Å². The lowest BCUT2D eigenvalue weighted by Gasteiger charge is -2.13. The van der Waals surface area contributed by atoms with Crippen molar-refractivity contribution in [2.24, 2.45) is 0 Å². The number of amides is 1. The fourth-order valence-electron chi connectivity index (χ4n) is 2.90. The van der Waals surface area contributed by atoms with Crippen LogP contribution in [-0.2, 0) is 14.9 Å². The SMILES string of the molecule is CCOc1cc(/C=C(/C#N)C(=O)Nc2ccc(I)cc2)ccc1OS(=O)(=O)c1ccc([N+](=O)[O-])cc1. The second-order valence-corrected chi connectivity index (χ2v) is 9.85. The van der Waals surface area contributed by atoms with Crippen molar-refractivity contribution in [2.45, 2.75) is 11.8 Å². The van der Waals surface area contributed by atoms with E-state index in [0.717, 1.165) is 27.8 Å². The molecule has 1 amide bonds. The molecule has 0 fully saturated rings. The molecule has 36 heavy (non-hydrogen) atoms. The second-order valence-electron chi connectivity index (χ2n) is 7.06. The fourth-order valence-corrected chi connectivity index (χ4v) is 4.20. The topological polar surface area (TPSA) is 149 Å². The maximum Gasteiger partial charge on any atom is 0.339 e. The Balaban J connectivity index is 1.86. The number of nitrogens with one attached hydrogen (secondary N) is 1. The molecule has 0 unspecified atom stereocenters. The van der Waals surface area contributed by atoms with Gasteiger partial charge in [-0.05, 0) is 89.7 Å². The van der Waals surface area contributed by atoms with Gasteiger partial charge in [0.1, 0.15) is 16.5 Å². The summed E-state index contributed by atoms with van der Waals surface area (Å²) in [6, 6.07) is 17.3. The van der Waals surface area contributed by atoms with Crippen molar-refractivity contribution in [3.8, 4) is 17.6 Å². The van der Waals surface area contributed by atoms with Crippen LogP contribution in [0.5, 0.6) is 11.5 Å². The first-order valence-electron chi connectivity index (χ1n) is 10.3. The number of ether oxygens (including phenoxy) is 1. The van der Waals surface area contributed by atoms with E-state index < -0.39 is 20.9 Å². The van der Waals surface area contributed by atoms with Crippen LogP contribution in [0, 0.1) is 25.0 Å². The quantitative estimate of drug-likeness (QED) is 0.0887. The number of nitro groups is 1. The van der Waals surface area contributed by atoms with Crippen molar-refractivity contribution in [3.63, 3.8) is 0 Å². The highest BCUT2D eigenvalue weighted by molar-refractivity contribution is 14.1. The zero-order valence-electron chi connectivity index (χ0n) is 18.7. The molecule has 3 rings (SSSR count). The van der Waals surface area contributed by atoms with E-state index in [-0.39, 0.29) is 34.3 Å². The van der Waals surface area contributed by atoms with Crippen molar-refractivity contribution in [1.82, 2.24) is 0 Å². The van der Waals surface area contributed by atoms with Crippen LogP contribution in [0.1, 0.15) is 12.5 Å². The molecule has 0 bridgehead atoms. The van der Waals surface area contributed by atoms with Crippen molar-refractivity contribution in [2.75, 3.05) is 11.9 Å². The standard InChI is InChI=1S/C24H18IN3O7S/c1-2-34-23-14-16(13-17(15-26)24(29)27-19-6-4-18(25)5-7-19)3-12-22(23)35-36(32,33)21-10-8-20(9-11-21)28(30)31/h3-14H,2H2,1H3,(H,27,29)/b17-13-. The predicted octanol–water partition coefficient (Wildman–Crippen LogP) is 4.91. The number of nitriles is 1. The molecule has 0 spiro atoms. The summed E-state index contributed by atoms with van der Waals surface area (Å²) >= 11 is 2.13. The number of nitrogens with zero attached hydrogens (tertiary/aromatic N) is 2. The summed E-state index contributed by atoms with van der Waals surface area (Å²) in [4.78, 5) is 22.4. The summed E-state index contributed by atoms with van der Waals surface area (Å²) < 4.78 is 37.0. The van der Waals surface area contributed by atoms with Crippen LogP contribution in [-0.4, -0.2) is 25.9 Å². The fraction of sp³-hybridized carbons (Fsp3) is 0.0833. The van der Waals surface area contributed by atoms with Crippen LogP contribution >= 0.6 is 22.6 Å². The molecule has 0 aliphatic heterocycles. The first-order chi connectivity index (χ1) is 17.1. The van der Waals surface area contributed by atoms with Crippen LogP contribution in [0.2, 0.25) is 0 Å². The lowest BCUT2D eigenvalue weighted by atomic mass is 10.1. The first-order valence-corrected chi connectivity index (χ1v) is 12.8. The summed E-state index contributed by atoms with van der Waals surface area (Å²) in [6.07, 6.45) is 1.33. The molecule has 0 aliphatic rings. The van der Waals surface area contributed by atoms with E-state index in [9.17, 15) is 28.6 Å². The highest BCUT2D eigenvalue weighted by atomic mass is 127. The van der Waals surface area contributed by atoms with Crippen LogP contribution in [0.25, 0.3) is 6.08 Å². The maximum atomic E-state index is 12.7. The number of benzene rings is 3. The zero-order valence-corrected chi connectivity index (χ0v) is 21.6. The van der Waals surface area contributed by atoms with Gasteiger partial charge < -0.3 is 14.2 Å².